The average molecular weight is 386 g/mol. The summed E-state index contributed by atoms with van der Waals surface area (Å²) in [6.45, 7) is 1.11. The van der Waals surface area contributed by atoms with Crippen molar-refractivity contribution < 1.29 is 32.3 Å². The molecule has 0 radical (unpaired) electrons. The molecule has 0 aliphatic carbocycles. The largest absolute Gasteiger partial charge is 0.481 e. The molecule has 1 aliphatic heterocycles. The minimum Gasteiger partial charge on any atom is -0.481 e. The van der Waals surface area contributed by atoms with E-state index in [-0.39, 0.29) is 24.2 Å². The molecule has 144 valence electrons. The second kappa shape index (κ2) is 6.32. The zero-order valence-corrected chi connectivity index (χ0v) is 14.0. The summed E-state index contributed by atoms with van der Waals surface area (Å²) in [6.07, 6.45) is -4.94. The third kappa shape index (κ3) is 3.24. The van der Waals surface area contributed by atoms with Gasteiger partial charge in [0, 0.05) is 13.1 Å². The van der Waals surface area contributed by atoms with Crippen LogP contribution in [-0.2, 0) is 11.0 Å². The number of halogens is 4. The first-order valence-corrected chi connectivity index (χ1v) is 7.85. The van der Waals surface area contributed by atoms with Crippen LogP contribution >= 0.6 is 0 Å². The first kappa shape index (κ1) is 18.8. The molecule has 2 aromatic rings. The molecule has 1 fully saturated rings. The number of benzene rings is 1. The number of alkyl halides is 3. The van der Waals surface area contributed by atoms with Crippen molar-refractivity contribution in [2.75, 3.05) is 13.1 Å². The molecule has 3 rings (SSSR count). The minimum atomic E-state index is -5.04. The van der Waals surface area contributed by atoms with Crippen LogP contribution in [0.25, 0.3) is 5.69 Å². The van der Waals surface area contributed by atoms with E-state index in [0.29, 0.717) is 0 Å². The van der Waals surface area contributed by atoms with Crippen molar-refractivity contribution in [2.45, 2.75) is 19.5 Å². The molecule has 1 atom stereocenters. The monoisotopic (exact) mass is 386 g/mol. The number of rotatable bonds is 3. The molecule has 1 amide bonds. The molecule has 0 saturated carbocycles. The molecule has 11 heteroatoms. The Labute approximate surface area is 150 Å². The standard InChI is InChI=1S/C16H14F4N4O3/c1-15(14(26)27)6-7-23(8-15)13(25)11-12(16(18,19)20)24(22-21-11)10-5-3-2-4-9(10)17/h2-5H,6-8H2,1H3,(H,26,27). The van der Waals surface area contributed by atoms with Crippen molar-refractivity contribution in [1.29, 1.82) is 0 Å². The van der Waals surface area contributed by atoms with E-state index in [2.05, 4.69) is 10.3 Å². The second-order valence-electron chi connectivity index (χ2n) is 6.49. The maximum atomic E-state index is 13.9. The number of aromatic nitrogens is 3. The molecule has 1 aliphatic rings. The van der Waals surface area contributed by atoms with Crippen LogP contribution in [-0.4, -0.2) is 50.0 Å². The molecule has 7 nitrogen and oxygen atoms in total. The normalized spacial score (nSPS) is 20.1. The molecular weight excluding hydrogens is 372 g/mol. The SMILES string of the molecule is CC1(C(=O)O)CCN(C(=O)c2nnn(-c3ccccc3F)c2C(F)(F)F)C1. The Kier molecular flexibility index (Phi) is 4.40. The number of carbonyl (C=O) groups excluding carboxylic acids is 1. The maximum absolute atomic E-state index is 13.9. The molecule has 0 bridgehead atoms. The molecule has 27 heavy (non-hydrogen) atoms. The highest BCUT2D eigenvalue weighted by Crippen LogP contribution is 2.36. The number of hydrogen-bond acceptors (Lipinski definition) is 4. The van der Waals surface area contributed by atoms with Crippen LogP contribution in [0.4, 0.5) is 17.6 Å². The van der Waals surface area contributed by atoms with Crippen molar-refractivity contribution in [3.63, 3.8) is 0 Å². The Morgan fingerprint density at radius 3 is 2.48 bits per heavy atom. The molecular formula is C16H14F4N4O3. The molecule has 1 aromatic carbocycles. The third-order valence-corrected chi connectivity index (χ3v) is 4.50. The van der Waals surface area contributed by atoms with Gasteiger partial charge in [-0.2, -0.15) is 13.2 Å². The van der Waals surface area contributed by atoms with E-state index in [1.54, 1.807) is 0 Å². The summed E-state index contributed by atoms with van der Waals surface area (Å²) in [5.41, 5.74) is -4.27. The Bertz CT molecular complexity index is 911. The van der Waals surface area contributed by atoms with Gasteiger partial charge in [-0.15, -0.1) is 5.10 Å². The molecule has 2 heterocycles. The van der Waals surface area contributed by atoms with E-state index >= 15 is 0 Å². The van der Waals surface area contributed by atoms with E-state index in [4.69, 9.17) is 0 Å². The van der Waals surface area contributed by atoms with Crippen LogP contribution in [0.1, 0.15) is 29.5 Å². The molecule has 1 N–H and O–H groups in total. The first-order chi connectivity index (χ1) is 12.5. The predicted molar refractivity (Wildman–Crippen MR) is 82.6 cm³/mol. The first-order valence-electron chi connectivity index (χ1n) is 7.85. The molecule has 0 spiro atoms. The summed E-state index contributed by atoms with van der Waals surface area (Å²) < 4.78 is 55.0. The minimum absolute atomic E-state index is 0.0362. The number of nitrogens with zero attached hydrogens (tertiary/aromatic N) is 4. The number of likely N-dealkylation sites (tertiary alicyclic amines) is 1. The van der Waals surface area contributed by atoms with Gasteiger partial charge in [0.1, 0.15) is 11.5 Å². The van der Waals surface area contributed by atoms with Crippen molar-refractivity contribution in [1.82, 2.24) is 19.9 Å². The lowest BCUT2D eigenvalue weighted by molar-refractivity contribution is -0.147. The smallest absolute Gasteiger partial charge is 0.435 e. The highest BCUT2D eigenvalue weighted by atomic mass is 19.4. The summed E-state index contributed by atoms with van der Waals surface area (Å²) in [5.74, 6) is -3.22. The Balaban J connectivity index is 2.04. The average Bonchev–Trinajstić information content (AvgIpc) is 3.19. The lowest BCUT2D eigenvalue weighted by Gasteiger charge is -2.20. The molecule has 1 saturated heterocycles. The molecule has 1 aromatic heterocycles. The summed E-state index contributed by atoms with van der Waals surface area (Å²) in [7, 11) is 0. The van der Waals surface area contributed by atoms with Gasteiger partial charge >= 0.3 is 12.1 Å². The highest BCUT2D eigenvalue weighted by molar-refractivity contribution is 5.94. The maximum Gasteiger partial charge on any atom is 0.435 e. The fraction of sp³-hybridized carbons (Fsp3) is 0.375. The number of para-hydroxylation sites is 1. The van der Waals surface area contributed by atoms with Gasteiger partial charge in [-0.3, -0.25) is 9.59 Å². The lowest BCUT2D eigenvalue weighted by Crippen LogP contribution is -2.36. The van der Waals surface area contributed by atoms with Gasteiger partial charge in [-0.05, 0) is 25.5 Å². The van der Waals surface area contributed by atoms with E-state index in [9.17, 15) is 32.3 Å². The van der Waals surface area contributed by atoms with Crippen LogP contribution in [0.5, 0.6) is 0 Å². The van der Waals surface area contributed by atoms with Crippen molar-refractivity contribution in [3.8, 4) is 5.69 Å². The summed E-state index contributed by atoms with van der Waals surface area (Å²) in [6, 6.07) is 4.65. The number of hydrogen-bond donors (Lipinski definition) is 1. The van der Waals surface area contributed by atoms with Crippen molar-refractivity contribution in [2.24, 2.45) is 5.41 Å². The fourth-order valence-electron chi connectivity index (χ4n) is 2.93. The van der Waals surface area contributed by atoms with Crippen LogP contribution in [0.15, 0.2) is 24.3 Å². The van der Waals surface area contributed by atoms with E-state index in [1.165, 1.54) is 19.1 Å². The predicted octanol–water partition coefficient (Wildman–Crippen LogP) is 2.36. The van der Waals surface area contributed by atoms with Gasteiger partial charge in [0.25, 0.3) is 5.91 Å². The van der Waals surface area contributed by atoms with E-state index in [0.717, 1.165) is 17.0 Å². The van der Waals surface area contributed by atoms with Gasteiger partial charge in [0.2, 0.25) is 0 Å². The highest BCUT2D eigenvalue weighted by Gasteiger charge is 2.47. The van der Waals surface area contributed by atoms with Gasteiger partial charge < -0.3 is 10.0 Å². The van der Waals surface area contributed by atoms with Crippen LogP contribution < -0.4 is 0 Å². The number of carboxylic acids is 1. The van der Waals surface area contributed by atoms with Crippen molar-refractivity contribution >= 4 is 11.9 Å². The quantitative estimate of drug-likeness (QED) is 0.819. The van der Waals surface area contributed by atoms with Gasteiger partial charge in [-0.1, -0.05) is 17.3 Å². The van der Waals surface area contributed by atoms with E-state index < -0.39 is 46.4 Å². The third-order valence-electron chi connectivity index (χ3n) is 4.50. The topological polar surface area (TPSA) is 88.3 Å². The fourth-order valence-corrected chi connectivity index (χ4v) is 2.93. The van der Waals surface area contributed by atoms with Gasteiger partial charge in [-0.25, -0.2) is 9.07 Å². The summed E-state index contributed by atoms with van der Waals surface area (Å²) in [5, 5.41) is 15.9. The second-order valence-corrected chi connectivity index (χ2v) is 6.49. The number of amides is 1. The van der Waals surface area contributed by atoms with Crippen LogP contribution in [0, 0.1) is 11.2 Å². The summed E-state index contributed by atoms with van der Waals surface area (Å²) >= 11 is 0. The molecule has 1 unspecified atom stereocenters. The number of aliphatic carboxylic acids is 1. The van der Waals surface area contributed by atoms with Gasteiger partial charge in [0.15, 0.2) is 11.4 Å². The number of carboxylic acid groups (broad SMARTS) is 1. The van der Waals surface area contributed by atoms with Crippen LogP contribution in [0.2, 0.25) is 0 Å². The van der Waals surface area contributed by atoms with Crippen molar-refractivity contribution in [3.05, 3.63) is 41.5 Å². The Hall–Kier alpha value is -2.98. The van der Waals surface area contributed by atoms with Gasteiger partial charge in [0.05, 0.1) is 5.41 Å². The Morgan fingerprint density at radius 2 is 1.93 bits per heavy atom. The zero-order chi connectivity index (χ0) is 20.0. The van der Waals surface area contributed by atoms with Crippen LogP contribution in [0.3, 0.4) is 0 Å². The zero-order valence-electron chi connectivity index (χ0n) is 14.0. The Morgan fingerprint density at radius 1 is 1.26 bits per heavy atom. The van der Waals surface area contributed by atoms with E-state index in [1.807, 2.05) is 0 Å². The lowest BCUT2D eigenvalue weighted by atomic mass is 9.90. The summed E-state index contributed by atoms with van der Waals surface area (Å²) in [4.78, 5) is 24.9. The number of carbonyl (C=O) groups is 2.